The Kier molecular flexibility index (Phi) is 5.09. The van der Waals surface area contributed by atoms with E-state index in [2.05, 4.69) is 17.8 Å². The van der Waals surface area contributed by atoms with Gasteiger partial charge in [-0.1, -0.05) is 36.0 Å². The first-order valence-electron chi connectivity index (χ1n) is 4.92. The van der Waals surface area contributed by atoms with Crippen LogP contribution in [0.4, 0.5) is 0 Å². The van der Waals surface area contributed by atoms with Gasteiger partial charge in [0, 0.05) is 12.0 Å². The highest BCUT2D eigenvalue weighted by Crippen LogP contribution is 1.98. The first-order valence-corrected chi connectivity index (χ1v) is 4.92. The van der Waals surface area contributed by atoms with Crippen LogP contribution in [0.1, 0.15) is 18.9 Å². The minimum absolute atomic E-state index is 0.0947. The van der Waals surface area contributed by atoms with Gasteiger partial charge in [-0.25, -0.2) is 0 Å². The molecule has 0 aliphatic rings. The number of hydrogen-bond acceptors (Lipinski definition) is 1. The molecule has 1 aromatic carbocycles. The van der Waals surface area contributed by atoms with Crippen LogP contribution in [-0.2, 0) is 4.74 Å². The van der Waals surface area contributed by atoms with Crippen LogP contribution in [0, 0.1) is 24.2 Å². The monoisotopic (exact) mass is 198 g/mol. The van der Waals surface area contributed by atoms with Gasteiger partial charge in [0.2, 0.25) is 0 Å². The maximum atomic E-state index is 5.29. The summed E-state index contributed by atoms with van der Waals surface area (Å²) in [6.07, 6.45) is 5.89. The van der Waals surface area contributed by atoms with Gasteiger partial charge in [-0.05, 0) is 19.1 Å². The Bertz CT molecular complexity index is 375. The van der Waals surface area contributed by atoms with Crippen molar-refractivity contribution in [1.82, 2.24) is 0 Å². The first kappa shape index (κ1) is 11.4. The lowest BCUT2D eigenvalue weighted by molar-refractivity contribution is 0.0963. The molecule has 0 aliphatic carbocycles. The van der Waals surface area contributed by atoms with E-state index >= 15 is 0 Å². The van der Waals surface area contributed by atoms with Crippen LogP contribution in [0.2, 0.25) is 0 Å². The predicted octanol–water partition coefficient (Wildman–Crippen LogP) is 2.47. The summed E-state index contributed by atoms with van der Waals surface area (Å²) in [6, 6.07) is 9.90. The van der Waals surface area contributed by atoms with Crippen LogP contribution < -0.4 is 0 Å². The Morgan fingerprint density at radius 3 is 2.73 bits per heavy atom. The molecule has 1 aromatic rings. The number of rotatable bonds is 3. The van der Waals surface area contributed by atoms with Gasteiger partial charge in [-0.2, -0.15) is 0 Å². The van der Waals surface area contributed by atoms with Crippen LogP contribution >= 0.6 is 0 Å². The highest BCUT2D eigenvalue weighted by Gasteiger charge is 1.96. The maximum Gasteiger partial charge on any atom is 0.107 e. The number of hydrogen-bond donors (Lipinski definition) is 0. The second-order valence-electron chi connectivity index (χ2n) is 3.20. The summed E-state index contributed by atoms with van der Waals surface area (Å²) in [4.78, 5) is 0. The number of ether oxygens (including phenoxy) is 1. The molecule has 1 rings (SSSR count). The molecule has 0 aliphatic heterocycles. The fourth-order valence-electron chi connectivity index (χ4n) is 1.07. The molecule has 0 N–H and O–H groups in total. The van der Waals surface area contributed by atoms with Crippen molar-refractivity contribution >= 4 is 0 Å². The highest BCUT2D eigenvalue weighted by molar-refractivity contribution is 5.33. The van der Waals surface area contributed by atoms with Crippen molar-refractivity contribution in [2.75, 3.05) is 6.61 Å². The molecule has 0 saturated carbocycles. The van der Waals surface area contributed by atoms with Gasteiger partial charge >= 0.3 is 0 Å². The summed E-state index contributed by atoms with van der Waals surface area (Å²) in [6.45, 7) is 2.32. The zero-order valence-corrected chi connectivity index (χ0v) is 8.86. The van der Waals surface area contributed by atoms with E-state index < -0.39 is 0 Å². The Balaban J connectivity index is 2.37. The van der Waals surface area contributed by atoms with Crippen molar-refractivity contribution in [3.8, 4) is 24.2 Å². The molecule has 0 spiro atoms. The highest BCUT2D eigenvalue weighted by atomic mass is 16.5. The molecule has 0 fully saturated rings. The Morgan fingerprint density at radius 1 is 1.33 bits per heavy atom. The Labute approximate surface area is 91.5 Å². The van der Waals surface area contributed by atoms with Gasteiger partial charge in [0.1, 0.15) is 6.61 Å². The lowest BCUT2D eigenvalue weighted by Crippen LogP contribution is -2.06. The largest absolute Gasteiger partial charge is 0.365 e. The third-order valence-corrected chi connectivity index (χ3v) is 1.85. The van der Waals surface area contributed by atoms with E-state index in [1.165, 1.54) is 0 Å². The zero-order valence-electron chi connectivity index (χ0n) is 8.86. The quantitative estimate of drug-likeness (QED) is 0.678. The van der Waals surface area contributed by atoms with E-state index in [-0.39, 0.29) is 6.10 Å². The molecular formula is C14H14O. The summed E-state index contributed by atoms with van der Waals surface area (Å²) in [5, 5.41) is 0. The lowest BCUT2D eigenvalue weighted by Gasteiger charge is -2.05. The molecule has 1 unspecified atom stereocenters. The minimum Gasteiger partial charge on any atom is -0.365 e. The lowest BCUT2D eigenvalue weighted by atomic mass is 10.2. The topological polar surface area (TPSA) is 9.23 Å². The van der Waals surface area contributed by atoms with Crippen LogP contribution in [0.25, 0.3) is 0 Å². The van der Waals surface area contributed by atoms with Crippen LogP contribution in [0.15, 0.2) is 30.3 Å². The maximum absolute atomic E-state index is 5.29. The fraction of sp³-hybridized carbons (Fsp3) is 0.286. The van der Waals surface area contributed by atoms with Gasteiger partial charge in [0.15, 0.2) is 0 Å². The van der Waals surface area contributed by atoms with Crippen molar-refractivity contribution in [2.45, 2.75) is 19.4 Å². The van der Waals surface area contributed by atoms with E-state index in [9.17, 15) is 0 Å². The van der Waals surface area contributed by atoms with Crippen molar-refractivity contribution in [3.63, 3.8) is 0 Å². The van der Waals surface area contributed by atoms with Crippen LogP contribution in [0.5, 0.6) is 0 Å². The van der Waals surface area contributed by atoms with Crippen molar-refractivity contribution in [1.29, 1.82) is 0 Å². The minimum atomic E-state index is 0.0947. The van der Waals surface area contributed by atoms with Gasteiger partial charge in [0.25, 0.3) is 0 Å². The average Bonchev–Trinajstić information content (AvgIpc) is 2.28. The molecule has 0 bridgehead atoms. The second kappa shape index (κ2) is 6.71. The molecule has 0 amide bonds. The molecule has 1 atom stereocenters. The molecule has 76 valence electrons. The summed E-state index contributed by atoms with van der Waals surface area (Å²) in [5.41, 5.74) is 1.03. The third kappa shape index (κ3) is 4.91. The standard InChI is InChI=1S/C14H14O/c1-3-12-15-13(2)8-7-11-14-9-5-4-6-10-14/h1,4-6,9-10,13H,8,12H2,2H3. The van der Waals surface area contributed by atoms with E-state index in [0.29, 0.717) is 13.0 Å². The summed E-state index contributed by atoms with van der Waals surface area (Å²) < 4.78 is 5.29. The van der Waals surface area contributed by atoms with E-state index in [0.717, 1.165) is 5.56 Å². The van der Waals surface area contributed by atoms with Crippen molar-refractivity contribution in [2.24, 2.45) is 0 Å². The molecule has 15 heavy (non-hydrogen) atoms. The molecular weight excluding hydrogens is 184 g/mol. The summed E-state index contributed by atoms with van der Waals surface area (Å²) in [7, 11) is 0. The van der Waals surface area contributed by atoms with Gasteiger partial charge < -0.3 is 4.74 Å². The van der Waals surface area contributed by atoms with Crippen molar-refractivity contribution < 1.29 is 4.74 Å². The average molecular weight is 198 g/mol. The molecule has 1 heteroatoms. The van der Waals surface area contributed by atoms with Gasteiger partial charge in [-0.3, -0.25) is 0 Å². The molecule has 1 nitrogen and oxygen atoms in total. The summed E-state index contributed by atoms with van der Waals surface area (Å²) >= 11 is 0. The van der Waals surface area contributed by atoms with Gasteiger partial charge in [-0.15, -0.1) is 6.42 Å². The molecule has 0 radical (unpaired) electrons. The van der Waals surface area contributed by atoms with E-state index in [1.54, 1.807) is 0 Å². The zero-order chi connectivity index (χ0) is 10.9. The smallest absolute Gasteiger partial charge is 0.107 e. The van der Waals surface area contributed by atoms with Crippen LogP contribution in [-0.4, -0.2) is 12.7 Å². The SMILES string of the molecule is C#CCOC(C)CC#Cc1ccccc1. The third-order valence-electron chi connectivity index (χ3n) is 1.85. The van der Waals surface area contributed by atoms with Crippen LogP contribution in [0.3, 0.4) is 0 Å². The second-order valence-corrected chi connectivity index (χ2v) is 3.20. The van der Waals surface area contributed by atoms with E-state index in [1.807, 2.05) is 37.3 Å². The Hall–Kier alpha value is -1.70. The van der Waals surface area contributed by atoms with Gasteiger partial charge in [0.05, 0.1) is 6.10 Å². The summed E-state index contributed by atoms with van der Waals surface area (Å²) in [5.74, 6) is 8.57. The normalized spacial score (nSPS) is 10.9. The molecule has 0 aromatic heterocycles. The molecule has 0 saturated heterocycles. The van der Waals surface area contributed by atoms with E-state index in [4.69, 9.17) is 11.2 Å². The fourth-order valence-corrected chi connectivity index (χ4v) is 1.07. The first-order chi connectivity index (χ1) is 7.33. The molecule has 0 heterocycles. The number of terminal acetylenes is 1. The Morgan fingerprint density at radius 2 is 2.07 bits per heavy atom. The van der Waals surface area contributed by atoms with Crippen molar-refractivity contribution in [3.05, 3.63) is 35.9 Å². The predicted molar refractivity (Wildman–Crippen MR) is 62.2 cm³/mol. The number of benzene rings is 1.